The van der Waals surface area contributed by atoms with E-state index in [0.29, 0.717) is 0 Å². The van der Waals surface area contributed by atoms with E-state index >= 15 is 0 Å². The molecule has 0 fully saturated rings. The minimum atomic E-state index is 0.810. The van der Waals surface area contributed by atoms with Crippen LogP contribution in [0.4, 0.5) is 34.1 Å². The van der Waals surface area contributed by atoms with Gasteiger partial charge in [-0.1, -0.05) is 170 Å². The maximum Gasteiger partial charge on any atom is 0.139 e. The molecular weight excluding hydrogens is 741 g/mol. The van der Waals surface area contributed by atoms with Gasteiger partial charge in [-0.15, -0.1) is 0 Å². The second kappa shape index (κ2) is 15.6. The van der Waals surface area contributed by atoms with Crippen LogP contribution in [0.5, 0.6) is 0 Å². The van der Waals surface area contributed by atoms with Crippen molar-refractivity contribution in [1.82, 2.24) is 0 Å². The van der Waals surface area contributed by atoms with Crippen molar-refractivity contribution in [3.8, 4) is 33.4 Å². The van der Waals surface area contributed by atoms with E-state index < -0.39 is 0 Å². The highest BCUT2D eigenvalue weighted by Crippen LogP contribution is 2.48. The maximum absolute atomic E-state index is 6.98. The highest BCUT2D eigenvalue weighted by atomic mass is 16.3. The Morgan fingerprint density at radius 2 is 0.705 bits per heavy atom. The zero-order valence-electron chi connectivity index (χ0n) is 33.4. The third-order valence-electron chi connectivity index (χ3n) is 11.6. The molecule has 0 unspecified atom stereocenters. The van der Waals surface area contributed by atoms with Crippen LogP contribution in [0.15, 0.2) is 247 Å². The van der Waals surface area contributed by atoms with Gasteiger partial charge in [0.2, 0.25) is 0 Å². The third kappa shape index (κ3) is 6.88. The lowest BCUT2D eigenvalue weighted by Crippen LogP contribution is -2.13. The molecule has 1 heterocycles. The number of rotatable bonds is 9. The van der Waals surface area contributed by atoms with Crippen molar-refractivity contribution in [3.05, 3.63) is 243 Å². The first-order valence-electron chi connectivity index (χ1n) is 20.7. The molecule has 0 saturated carbocycles. The van der Waals surface area contributed by atoms with E-state index in [9.17, 15) is 0 Å². The largest absolute Gasteiger partial charge is 0.456 e. The van der Waals surface area contributed by atoms with Gasteiger partial charge in [0.15, 0.2) is 0 Å². The van der Waals surface area contributed by atoms with Crippen LogP contribution in [0.2, 0.25) is 0 Å². The topological polar surface area (TPSA) is 19.6 Å². The van der Waals surface area contributed by atoms with Gasteiger partial charge < -0.3 is 14.2 Å². The zero-order valence-corrected chi connectivity index (χ0v) is 33.4. The van der Waals surface area contributed by atoms with Gasteiger partial charge >= 0.3 is 0 Å². The second-order valence-corrected chi connectivity index (χ2v) is 15.4. The summed E-state index contributed by atoms with van der Waals surface area (Å²) in [6.45, 7) is 0. The Bertz CT molecular complexity index is 3270. The monoisotopic (exact) mass is 780 g/mol. The predicted octanol–water partition coefficient (Wildman–Crippen LogP) is 16.7. The Morgan fingerprint density at radius 1 is 0.262 bits per heavy atom. The van der Waals surface area contributed by atoms with Crippen LogP contribution in [-0.2, 0) is 0 Å². The lowest BCUT2D eigenvalue weighted by atomic mass is 10.0. The van der Waals surface area contributed by atoms with Crippen LogP contribution in [0.3, 0.4) is 0 Å². The van der Waals surface area contributed by atoms with Gasteiger partial charge in [-0.05, 0) is 111 Å². The van der Waals surface area contributed by atoms with Gasteiger partial charge in [-0.25, -0.2) is 0 Å². The van der Waals surface area contributed by atoms with Crippen molar-refractivity contribution in [1.29, 1.82) is 0 Å². The number of para-hydroxylation sites is 1. The van der Waals surface area contributed by atoms with E-state index in [4.69, 9.17) is 4.42 Å². The lowest BCUT2D eigenvalue weighted by molar-refractivity contribution is 0.669. The average molecular weight is 781 g/mol. The van der Waals surface area contributed by atoms with E-state index in [1.807, 2.05) is 0 Å². The molecule has 288 valence electrons. The summed E-state index contributed by atoms with van der Waals surface area (Å²) in [7, 11) is 0. The highest BCUT2D eigenvalue weighted by molar-refractivity contribution is 6.17. The summed E-state index contributed by atoms with van der Waals surface area (Å²) in [5.41, 5.74) is 14.8. The summed E-state index contributed by atoms with van der Waals surface area (Å²) < 4.78 is 6.98. The molecule has 10 aromatic carbocycles. The first-order valence-corrected chi connectivity index (χ1v) is 20.7. The molecule has 3 heteroatoms. The molecule has 0 aliphatic carbocycles. The van der Waals surface area contributed by atoms with Gasteiger partial charge in [0, 0.05) is 34.2 Å². The fourth-order valence-corrected chi connectivity index (χ4v) is 8.63. The molecule has 0 atom stereocenters. The predicted molar refractivity (Wildman–Crippen MR) is 257 cm³/mol. The molecule has 0 N–H and O–H groups in total. The first-order chi connectivity index (χ1) is 30.2. The standard InChI is InChI=1S/C58H40N2O/c1-5-16-41(17-6-1)44-28-32-50(33-29-44)59(52-27-15-24-46(36-52)43-20-9-3-10-21-43)53-39-55(58-54-37-47-22-13-14-23-48(47)38-56(54)61-57(58)40-53)60(49-25-11-4-12-26-49)51-34-30-45(31-35-51)42-18-7-2-8-19-42/h1-40H. The van der Waals surface area contributed by atoms with E-state index in [-0.39, 0.29) is 0 Å². The molecule has 0 bridgehead atoms. The summed E-state index contributed by atoms with van der Waals surface area (Å²) in [6.07, 6.45) is 0. The third-order valence-corrected chi connectivity index (χ3v) is 11.6. The molecule has 0 aliphatic rings. The van der Waals surface area contributed by atoms with Gasteiger partial charge in [0.05, 0.1) is 16.8 Å². The summed E-state index contributed by atoms with van der Waals surface area (Å²) in [5.74, 6) is 0. The van der Waals surface area contributed by atoms with Crippen LogP contribution in [0.1, 0.15) is 0 Å². The Balaban J connectivity index is 1.17. The van der Waals surface area contributed by atoms with Crippen molar-refractivity contribution in [2.75, 3.05) is 9.80 Å². The Labute approximate surface area is 355 Å². The van der Waals surface area contributed by atoms with Crippen molar-refractivity contribution in [2.45, 2.75) is 0 Å². The Hall–Kier alpha value is -8.14. The summed E-state index contributed by atoms with van der Waals surface area (Å²) in [5, 5.41) is 4.44. The molecule has 61 heavy (non-hydrogen) atoms. The number of hydrogen-bond donors (Lipinski definition) is 0. The molecule has 0 amide bonds. The minimum absolute atomic E-state index is 0.810. The fraction of sp³-hybridized carbons (Fsp3) is 0. The van der Waals surface area contributed by atoms with Crippen LogP contribution < -0.4 is 9.80 Å². The molecule has 1 aromatic heterocycles. The molecule has 0 radical (unpaired) electrons. The maximum atomic E-state index is 6.98. The van der Waals surface area contributed by atoms with Crippen LogP contribution in [0, 0.1) is 0 Å². The van der Waals surface area contributed by atoms with Crippen LogP contribution in [-0.4, -0.2) is 0 Å². The van der Waals surface area contributed by atoms with Crippen molar-refractivity contribution in [3.63, 3.8) is 0 Å². The van der Waals surface area contributed by atoms with Crippen molar-refractivity contribution in [2.24, 2.45) is 0 Å². The molecule has 11 aromatic rings. The summed E-state index contributed by atoms with van der Waals surface area (Å²) in [4.78, 5) is 4.73. The molecule has 0 aliphatic heterocycles. The smallest absolute Gasteiger partial charge is 0.139 e. The summed E-state index contributed by atoms with van der Waals surface area (Å²) in [6, 6.07) is 86.5. The quantitative estimate of drug-likeness (QED) is 0.145. The lowest BCUT2D eigenvalue weighted by Gasteiger charge is -2.30. The molecule has 3 nitrogen and oxygen atoms in total. The van der Waals surface area contributed by atoms with Crippen LogP contribution >= 0.6 is 0 Å². The second-order valence-electron chi connectivity index (χ2n) is 15.4. The number of fused-ring (bicyclic) bond motifs is 4. The summed E-state index contributed by atoms with van der Waals surface area (Å²) >= 11 is 0. The number of anilines is 6. The molecule has 11 rings (SSSR count). The van der Waals surface area contributed by atoms with E-state index in [2.05, 4.69) is 252 Å². The highest BCUT2D eigenvalue weighted by Gasteiger charge is 2.24. The zero-order chi connectivity index (χ0) is 40.5. The average Bonchev–Trinajstić information content (AvgIpc) is 3.70. The Morgan fingerprint density at radius 3 is 1.30 bits per heavy atom. The van der Waals surface area contributed by atoms with Gasteiger partial charge in [-0.3, -0.25) is 0 Å². The van der Waals surface area contributed by atoms with E-state index in [1.165, 1.54) is 27.6 Å². The van der Waals surface area contributed by atoms with Crippen LogP contribution in [0.25, 0.3) is 66.1 Å². The van der Waals surface area contributed by atoms with Gasteiger partial charge in [0.25, 0.3) is 0 Å². The SMILES string of the molecule is c1ccc(-c2ccc(N(c3cccc(-c4ccccc4)c3)c3cc(N(c4ccccc4)c4ccc(-c5ccccc5)cc4)c4c(c3)oc3cc5ccccc5cc34)cc2)cc1. The van der Waals surface area contributed by atoms with Crippen molar-refractivity contribution < 1.29 is 4.42 Å². The Kier molecular flexibility index (Phi) is 9.18. The first kappa shape index (κ1) is 36.0. The van der Waals surface area contributed by atoms with Gasteiger partial charge in [-0.2, -0.15) is 0 Å². The molecule has 0 saturated heterocycles. The number of furan rings is 1. The van der Waals surface area contributed by atoms with Gasteiger partial charge in [0.1, 0.15) is 11.2 Å². The number of hydrogen-bond acceptors (Lipinski definition) is 3. The molecule has 0 spiro atoms. The normalized spacial score (nSPS) is 11.3. The van der Waals surface area contributed by atoms with Crippen molar-refractivity contribution >= 4 is 66.8 Å². The fourth-order valence-electron chi connectivity index (χ4n) is 8.63. The minimum Gasteiger partial charge on any atom is -0.456 e. The van der Waals surface area contributed by atoms with E-state index in [0.717, 1.165) is 72.6 Å². The van der Waals surface area contributed by atoms with E-state index in [1.54, 1.807) is 0 Å². The molecular formula is C58H40N2O. The number of nitrogens with zero attached hydrogens (tertiary/aromatic N) is 2. The number of benzene rings is 10.